The first kappa shape index (κ1) is 17.4. The van der Waals surface area contributed by atoms with Gasteiger partial charge in [0.05, 0.1) is 0 Å². The number of hydrogen-bond donors (Lipinski definition) is 1. The average Bonchev–Trinajstić information content (AvgIpc) is 2.51. The molecule has 1 heterocycles. The maximum Gasteiger partial charge on any atom is 0.161 e. The molecule has 0 aliphatic rings. The second kappa shape index (κ2) is 8.06. The fourth-order valence-electron chi connectivity index (χ4n) is 2.80. The van der Waals surface area contributed by atoms with E-state index in [0.29, 0.717) is 12.1 Å². The lowest BCUT2D eigenvalue weighted by Crippen LogP contribution is -2.40. The van der Waals surface area contributed by atoms with Gasteiger partial charge < -0.3 is 5.32 Å². The number of rotatable bonds is 7. The van der Waals surface area contributed by atoms with Crippen LogP contribution in [0.4, 0.5) is 5.82 Å². The van der Waals surface area contributed by atoms with Gasteiger partial charge in [-0.3, -0.25) is 4.90 Å². The van der Waals surface area contributed by atoms with Crippen LogP contribution in [0.25, 0.3) is 11.4 Å². The first-order valence-corrected chi connectivity index (χ1v) is 8.38. The Labute approximate surface area is 140 Å². The van der Waals surface area contributed by atoms with Gasteiger partial charge in [-0.1, -0.05) is 30.3 Å². The van der Waals surface area contributed by atoms with E-state index in [2.05, 4.69) is 47.9 Å². The summed E-state index contributed by atoms with van der Waals surface area (Å²) in [6.07, 6.45) is 0. The summed E-state index contributed by atoms with van der Waals surface area (Å²) in [5.41, 5.74) is 2.02. The monoisotopic (exact) mass is 312 g/mol. The molecule has 0 fully saturated rings. The number of anilines is 1. The summed E-state index contributed by atoms with van der Waals surface area (Å²) in [6.45, 7) is 12.8. The van der Waals surface area contributed by atoms with Crippen molar-refractivity contribution < 1.29 is 0 Å². The third-order valence-electron chi connectivity index (χ3n) is 3.89. The van der Waals surface area contributed by atoms with Crippen LogP contribution < -0.4 is 5.32 Å². The smallest absolute Gasteiger partial charge is 0.161 e. The largest absolute Gasteiger partial charge is 0.369 e. The lowest BCUT2D eigenvalue weighted by Gasteiger charge is -2.30. The van der Waals surface area contributed by atoms with Crippen molar-refractivity contribution in [2.75, 3.05) is 18.4 Å². The van der Waals surface area contributed by atoms with Gasteiger partial charge >= 0.3 is 0 Å². The highest BCUT2D eigenvalue weighted by molar-refractivity contribution is 5.57. The van der Waals surface area contributed by atoms with Crippen molar-refractivity contribution in [3.8, 4) is 11.4 Å². The van der Waals surface area contributed by atoms with Crippen molar-refractivity contribution >= 4 is 5.82 Å². The Kier molecular flexibility index (Phi) is 6.11. The maximum absolute atomic E-state index is 4.65. The zero-order valence-electron chi connectivity index (χ0n) is 14.9. The average molecular weight is 312 g/mol. The second-order valence-electron chi connectivity index (χ2n) is 6.44. The Morgan fingerprint density at radius 3 is 2.26 bits per heavy atom. The van der Waals surface area contributed by atoms with E-state index in [9.17, 15) is 0 Å². The lowest BCUT2D eigenvalue weighted by molar-refractivity contribution is 0.182. The van der Waals surface area contributed by atoms with Crippen molar-refractivity contribution in [1.29, 1.82) is 0 Å². The van der Waals surface area contributed by atoms with Gasteiger partial charge in [-0.05, 0) is 34.6 Å². The molecule has 23 heavy (non-hydrogen) atoms. The first-order valence-electron chi connectivity index (χ1n) is 8.38. The number of hydrogen-bond acceptors (Lipinski definition) is 4. The molecule has 0 unspecified atom stereocenters. The van der Waals surface area contributed by atoms with Crippen LogP contribution in [0.5, 0.6) is 0 Å². The van der Waals surface area contributed by atoms with Crippen LogP contribution in [0.3, 0.4) is 0 Å². The Morgan fingerprint density at radius 1 is 1.00 bits per heavy atom. The van der Waals surface area contributed by atoms with Gasteiger partial charge in [0.2, 0.25) is 0 Å². The van der Waals surface area contributed by atoms with Crippen LogP contribution in [-0.2, 0) is 0 Å². The number of nitrogens with one attached hydrogen (secondary N) is 1. The fourth-order valence-corrected chi connectivity index (χ4v) is 2.80. The van der Waals surface area contributed by atoms with Crippen molar-refractivity contribution in [3.63, 3.8) is 0 Å². The zero-order chi connectivity index (χ0) is 16.8. The molecule has 0 aliphatic heterocycles. The Hall–Kier alpha value is -1.94. The minimum Gasteiger partial charge on any atom is -0.369 e. The minimum atomic E-state index is 0.545. The van der Waals surface area contributed by atoms with Crippen molar-refractivity contribution in [2.45, 2.75) is 46.7 Å². The summed E-state index contributed by atoms with van der Waals surface area (Å²) >= 11 is 0. The third-order valence-corrected chi connectivity index (χ3v) is 3.89. The summed E-state index contributed by atoms with van der Waals surface area (Å²) < 4.78 is 0. The summed E-state index contributed by atoms with van der Waals surface area (Å²) in [7, 11) is 0. The standard InChI is InChI=1S/C19H28N4/c1-14(2)23(15(3)4)12-11-20-18-13-16(5)21-19(22-18)17-9-7-6-8-10-17/h6-10,13-15H,11-12H2,1-5H3,(H,20,21,22). The van der Waals surface area contributed by atoms with Gasteiger partial charge in [0.25, 0.3) is 0 Å². The molecular formula is C19H28N4. The van der Waals surface area contributed by atoms with E-state index in [0.717, 1.165) is 36.0 Å². The molecule has 1 N–H and O–H groups in total. The first-order chi connectivity index (χ1) is 11.0. The van der Waals surface area contributed by atoms with Crippen LogP contribution in [0.2, 0.25) is 0 Å². The van der Waals surface area contributed by atoms with E-state index in [1.165, 1.54) is 0 Å². The van der Waals surface area contributed by atoms with Crippen molar-refractivity contribution in [1.82, 2.24) is 14.9 Å². The molecule has 2 rings (SSSR count). The highest BCUT2D eigenvalue weighted by Gasteiger charge is 2.12. The summed E-state index contributed by atoms with van der Waals surface area (Å²) in [5.74, 6) is 1.67. The van der Waals surface area contributed by atoms with Crippen LogP contribution in [0.1, 0.15) is 33.4 Å². The van der Waals surface area contributed by atoms with E-state index in [-0.39, 0.29) is 0 Å². The number of nitrogens with zero attached hydrogens (tertiary/aromatic N) is 3. The molecule has 0 bridgehead atoms. The summed E-state index contributed by atoms with van der Waals surface area (Å²) in [4.78, 5) is 11.7. The molecule has 1 aromatic heterocycles. The summed E-state index contributed by atoms with van der Waals surface area (Å²) in [5, 5.41) is 3.44. The second-order valence-corrected chi connectivity index (χ2v) is 6.44. The number of benzene rings is 1. The fraction of sp³-hybridized carbons (Fsp3) is 0.474. The SMILES string of the molecule is Cc1cc(NCCN(C(C)C)C(C)C)nc(-c2ccccc2)n1. The molecule has 1 aromatic carbocycles. The Morgan fingerprint density at radius 2 is 1.65 bits per heavy atom. The molecule has 0 amide bonds. The predicted octanol–water partition coefficient (Wildman–Crippen LogP) is 3.98. The van der Waals surface area contributed by atoms with E-state index < -0.39 is 0 Å². The molecule has 0 saturated heterocycles. The van der Waals surface area contributed by atoms with Gasteiger partial charge in [0.15, 0.2) is 5.82 Å². The molecule has 0 aliphatic carbocycles. The van der Waals surface area contributed by atoms with Crippen LogP contribution in [-0.4, -0.2) is 40.0 Å². The van der Waals surface area contributed by atoms with Crippen LogP contribution >= 0.6 is 0 Å². The van der Waals surface area contributed by atoms with Crippen molar-refractivity contribution in [2.24, 2.45) is 0 Å². The molecule has 2 aromatic rings. The Balaban J connectivity index is 2.05. The minimum absolute atomic E-state index is 0.545. The van der Waals surface area contributed by atoms with E-state index in [4.69, 9.17) is 0 Å². The highest BCUT2D eigenvalue weighted by atomic mass is 15.2. The van der Waals surface area contributed by atoms with Gasteiger partial charge in [-0.2, -0.15) is 0 Å². The maximum atomic E-state index is 4.65. The van der Waals surface area contributed by atoms with Gasteiger partial charge in [0.1, 0.15) is 5.82 Å². The molecule has 0 radical (unpaired) electrons. The van der Waals surface area contributed by atoms with E-state index >= 15 is 0 Å². The quantitative estimate of drug-likeness (QED) is 0.839. The Bertz CT molecular complexity index is 600. The zero-order valence-corrected chi connectivity index (χ0v) is 14.9. The molecular weight excluding hydrogens is 284 g/mol. The van der Waals surface area contributed by atoms with E-state index in [1.807, 2.05) is 43.3 Å². The normalized spacial score (nSPS) is 11.5. The topological polar surface area (TPSA) is 41.0 Å². The molecule has 4 nitrogen and oxygen atoms in total. The molecule has 0 spiro atoms. The van der Waals surface area contributed by atoms with Gasteiger partial charge in [-0.25, -0.2) is 9.97 Å². The van der Waals surface area contributed by atoms with Crippen LogP contribution in [0.15, 0.2) is 36.4 Å². The number of aryl methyl sites for hydroxylation is 1. The van der Waals surface area contributed by atoms with Crippen molar-refractivity contribution in [3.05, 3.63) is 42.1 Å². The van der Waals surface area contributed by atoms with Gasteiger partial charge in [-0.15, -0.1) is 0 Å². The predicted molar refractivity (Wildman–Crippen MR) is 97.7 cm³/mol. The molecule has 124 valence electrons. The summed E-state index contributed by atoms with van der Waals surface area (Å²) in [6, 6.07) is 13.2. The molecule has 4 heteroatoms. The molecule has 0 saturated carbocycles. The van der Waals surface area contributed by atoms with E-state index in [1.54, 1.807) is 0 Å². The molecule has 0 atom stereocenters. The third kappa shape index (κ3) is 5.03. The lowest BCUT2D eigenvalue weighted by atomic mass is 10.2. The highest BCUT2D eigenvalue weighted by Crippen LogP contribution is 2.17. The van der Waals surface area contributed by atoms with Gasteiger partial charge in [0, 0.05) is 42.5 Å². The number of aromatic nitrogens is 2. The van der Waals surface area contributed by atoms with Crippen LogP contribution in [0, 0.1) is 6.92 Å².